The molecule has 0 bridgehead atoms. The summed E-state index contributed by atoms with van der Waals surface area (Å²) in [6, 6.07) is 7.61. The van der Waals surface area contributed by atoms with Crippen LogP contribution in [0.1, 0.15) is 38.8 Å². The summed E-state index contributed by atoms with van der Waals surface area (Å²) >= 11 is 0. The molecule has 0 amide bonds. The van der Waals surface area contributed by atoms with Crippen molar-refractivity contribution in [3.05, 3.63) is 35.6 Å². The second-order valence-corrected chi connectivity index (χ2v) is 5.16. The molecular weight excluding hydrogens is 189 g/mol. The van der Waals surface area contributed by atoms with E-state index >= 15 is 0 Å². The Bertz CT molecular complexity index is 359. The van der Waals surface area contributed by atoms with Gasteiger partial charge >= 0.3 is 0 Å². The predicted molar refractivity (Wildman–Crippen MR) is 60.1 cm³/mol. The number of hydrogen-bond acceptors (Lipinski definition) is 1. The number of hydrogen-bond donors (Lipinski definition) is 1. The fourth-order valence-corrected chi connectivity index (χ4v) is 1.97. The van der Waals surface area contributed by atoms with Crippen LogP contribution < -0.4 is 5.32 Å². The zero-order chi connectivity index (χ0) is 11.1. The van der Waals surface area contributed by atoms with E-state index in [-0.39, 0.29) is 11.9 Å². The van der Waals surface area contributed by atoms with E-state index in [4.69, 9.17) is 0 Å². The molecule has 0 spiro atoms. The quantitative estimate of drug-likeness (QED) is 0.802. The van der Waals surface area contributed by atoms with Gasteiger partial charge in [-0.2, -0.15) is 0 Å². The molecule has 2 unspecified atom stereocenters. The molecule has 2 rings (SSSR count). The first kappa shape index (κ1) is 10.6. The third-order valence-corrected chi connectivity index (χ3v) is 3.34. The van der Waals surface area contributed by atoms with E-state index in [2.05, 4.69) is 19.2 Å². The van der Waals surface area contributed by atoms with Gasteiger partial charge in [-0.05, 0) is 24.8 Å². The van der Waals surface area contributed by atoms with Crippen LogP contribution in [0, 0.1) is 11.2 Å². The van der Waals surface area contributed by atoms with Crippen LogP contribution in [-0.2, 0) is 0 Å². The number of benzene rings is 1. The highest BCUT2D eigenvalue weighted by molar-refractivity contribution is 5.21. The maximum Gasteiger partial charge on any atom is 0.127 e. The van der Waals surface area contributed by atoms with Crippen molar-refractivity contribution in [3.63, 3.8) is 0 Å². The highest BCUT2D eigenvalue weighted by atomic mass is 19.1. The van der Waals surface area contributed by atoms with Gasteiger partial charge in [0.1, 0.15) is 5.82 Å². The minimum Gasteiger partial charge on any atom is -0.307 e. The lowest BCUT2D eigenvalue weighted by Crippen LogP contribution is -2.24. The Kier molecular flexibility index (Phi) is 2.55. The van der Waals surface area contributed by atoms with Gasteiger partial charge in [0.15, 0.2) is 0 Å². The van der Waals surface area contributed by atoms with Crippen LogP contribution >= 0.6 is 0 Å². The van der Waals surface area contributed by atoms with Gasteiger partial charge in [0.2, 0.25) is 0 Å². The third-order valence-electron chi connectivity index (χ3n) is 3.34. The lowest BCUT2D eigenvalue weighted by molar-refractivity contribution is 0.475. The van der Waals surface area contributed by atoms with Gasteiger partial charge in [0.25, 0.3) is 0 Å². The van der Waals surface area contributed by atoms with Crippen molar-refractivity contribution in [2.24, 2.45) is 5.41 Å². The molecule has 1 nitrogen and oxygen atoms in total. The Morgan fingerprint density at radius 1 is 1.40 bits per heavy atom. The first-order valence-electron chi connectivity index (χ1n) is 5.51. The third kappa shape index (κ3) is 2.20. The minimum absolute atomic E-state index is 0.0953. The molecule has 0 radical (unpaired) electrons. The molecule has 2 heteroatoms. The van der Waals surface area contributed by atoms with E-state index in [1.165, 1.54) is 12.5 Å². The summed E-state index contributed by atoms with van der Waals surface area (Å²) in [6.07, 6.45) is 1.19. The molecule has 1 aromatic carbocycles. The highest BCUT2D eigenvalue weighted by Crippen LogP contribution is 2.45. The Morgan fingerprint density at radius 3 is 2.53 bits per heavy atom. The SMILES string of the molecule is CC(NC1CC1(C)C)c1ccccc1F. The van der Waals surface area contributed by atoms with Gasteiger partial charge in [-0.3, -0.25) is 0 Å². The molecule has 15 heavy (non-hydrogen) atoms. The van der Waals surface area contributed by atoms with Gasteiger partial charge in [-0.25, -0.2) is 4.39 Å². The summed E-state index contributed by atoms with van der Waals surface area (Å²) in [7, 11) is 0. The van der Waals surface area contributed by atoms with Crippen LogP contribution in [0.4, 0.5) is 4.39 Å². The van der Waals surface area contributed by atoms with Crippen molar-refractivity contribution >= 4 is 0 Å². The van der Waals surface area contributed by atoms with Crippen LogP contribution in [0.2, 0.25) is 0 Å². The van der Waals surface area contributed by atoms with Crippen molar-refractivity contribution in [2.75, 3.05) is 0 Å². The number of nitrogens with one attached hydrogen (secondary N) is 1. The molecule has 0 heterocycles. The van der Waals surface area contributed by atoms with E-state index in [0.29, 0.717) is 11.5 Å². The van der Waals surface area contributed by atoms with E-state index in [1.807, 2.05) is 19.1 Å². The minimum atomic E-state index is -0.115. The summed E-state index contributed by atoms with van der Waals surface area (Å²) in [5.41, 5.74) is 1.15. The van der Waals surface area contributed by atoms with Crippen molar-refractivity contribution in [3.8, 4) is 0 Å². The lowest BCUT2D eigenvalue weighted by Gasteiger charge is -2.16. The Morgan fingerprint density at radius 2 is 2.00 bits per heavy atom. The first-order valence-corrected chi connectivity index (χ1v) is 5.51. The van der Waals surface area contributed by atoms with Crippen LogP contribution in [0.15, 0.2) is 24.3 Å². The van der Waals surface area contributed by atoms with Gasteiger partial charge in [0, 0.05) is 17.6 Å². The van der Waals surface area contributed by atoms with E-state index in [0.717, 1.165) is 5.56 Å². The van der Waals surface area contributed by atoms with Crippen LogP contribution in [0.25, 0.3) is 0 Å². The number of rotatable bonds is 3. The molecule has 1 fully saturated rings. The van der Waals surface area contributed by atoms with Gasteiger partial charge in [0.05, 0.1) is 0 Å². The Labute approximate surface area is 90.7 Å². The first-order chi connectivity index (χ1) is 7.00. The van der Waals surface area contributed by atoms with Gasteiger partial charge in [-0.1, -0.05) is 32.0 Å². The Hall–Kier alpha value is -0.890. The second-order valence-electron chi connectivity index (χ2n) is 5.16. The monoisotopic (exact) mass is 207 g/mol. The predicted octanol–water partition coefficient (Wildman–Crippen LogP) is 3.27. The van der Waals surface area contributed by atoms with Crippen LogP contribution in [0.5, 0.6) is 0 Å². The molecule has 1 aliphatic carbocycles. The average molecular weight is 207 g/mol. The number of halogens is 1. The normalized spacial score (nSPS) is 24.9. The molecule has 82 valence electrons. The zero-order valence-electron chi connectivity index (χ0n) is 9.55. The van der Waals surface area contributed by atoms with Crippen LogP contribution in [0.3, 0.4) is 0 Å². The molecule has 1 saturated carbocycles. The van der Waals surface area contributed by atoms with Crippen molar-refractivity contribution in [1.82, 2.24) is 5.32 Å². The summed E-state index contributed by atoms with van der Waals surface area (Å²) in [5, 5.41) is 3.46. The lowest BCUT2D eigenvalue weighted by atomic mass is 10.1. The van der Waals surface area contributed by atoms with Gasteiger partial charge < -0.3 is 5.32 Å². The molecule has 1 aromatic rings. The smallest absolute Gasteiger partial charge is 0.127 e. The fraction of sp³-hybridized carbons (Fsp3) is 0.538. The standard InChI is InChI=1S/C13H18FN/c1-9(15-12-8-13(12,2)3)10-6-4-5-7-11(10)14/h4-7,9,12,15H,8H2,1-3H3. The van der Waals surface area contributed by atoms with E-state index in [9.17, 15) is 4.39 Å². The summed E-state index contributed by atoms with van der Waals surface area (Å²) < 4.78 is 13.5. The van der Waals surface area contributed by atoms with Crippen molar-refractivity contribution in [2.45, 2.75) is 39.3 Å². The van der Waals surface area contributed by atoms with Crippen molar-refractivity contribution < 1.29 is 4.39 Å². The second kappa shape index (κ2) is 3.60. The largest absolute Gasteiger partial charge is 0.307 e. The molecule has 1 N–H and O–H groups in total. The highest BCUT2D eigenvalue weighted by Gasteiger charge is 2.46. The van der Waals surface area contributed by atoms with Gasteiger partial charge in [-0.15, -0.1) is 0 Å². The zero-order valence-corrected chi connectivity index (χ0v) is 9.55. The summed E-state index contributed by atoms with van der Waals surface area (Å²) in [6.45, 7) is 6.49. The summed E-state index contributed by atoms with van der Waals surface area (Å²) in [4.78, 5) is 0. The molecule has 0 aromatic heterocycles. The summed E-state index contributed by atoms with van der Waals surface area (Å²) in [5.74, 6) is -0.115. The molecule has 0 saturated heterocycles. The van der Waals surface area contributed by atoms with Crippen LogP contribution in [-0.4, -0.2) is 6.04 Å². The topological polar surface area (TPSA) is 12.0 Å². The Balaban J connectivity index is 2.03. The maximum absolute atomic E-state index is 13.5. The molecular formula is C13H18FN. The fourth-order valence-electron chi connectivity index (χ4n) is 1.97. The van der Waals surface area contributed by atoms with E-state index < -0.39 is 0 Å². The van der Waals surface area contributed by atoms with Crippen molar-refractivity contribution in [1.29, 1.82) is 0 Å². The van der Waals surface area contributed by atoms with E-state index in [1.54, 1.807) is 6.07 Å². The average Bonchev–Trinajstić information content (AvgIpc) is 2.74. The molecule has 1 aliphatic rings. The molecule has 2 atom stereocenters. The maximum atomic E-state index is 13.5. The molecule has 0 aliphatic heterocycles.